The summed E-state index contributed by atoms with van der Waals surface area (Å²) in [6.07, 6.45) is 20.1. The van der Waals surface area contributed by atoms with Crippen molar-refractivity contribution in [2.24, 2.45) is 0 Å². The van der Waals surface area contributed by atoms with E-state index in [1.165, 1.54) is 87.5 Å². The van der Waals surface area contributed by atoms with Crippen molar-refractivity contribution in [3.05, 3.63) is 35.4 Å². The zero-order chi connectivity index (χ0) is 16.0. The van der Waals surface area contributed by atoms with E-state index in [0.29, 0.717) is 10.9 Å². The van der Waals surface area contributed by atoms with Crippen LogP contribution in [0.4, 0.5) is 0 Å². The van der Waals surface area contributed by atoms with Gasteiger partial charge in [0.15, 0.2) is 0 Å². The van der Waals surface area contributed by atoms with Gasteiger partial charge in [0.05, 0.1) is 12.5 Å². The van der Waals surface area contributed by atoms with Crippen molar-refractivity contribution >= 4 is 10.9 Å². The van der Waals surface area contributed by atoms with Crippen molar-refractivity contribution < 1.29 is 12.4 Å². The molecule has 134 valence electrons. The van der Waals surface area contributed by atoms with Gasteiger partial charge in [0.25, 0.3) is 0 Å². The largest absolute Gasteiger partial charge is 1.00 e. The molecule has 0 fully saturated rings. The SMILES string of the molecule is CCCCCCCCCCCCc1ccc(C[S+](C)C)cc1.[Cl-]. The third kappa shape index (κ3) is 12.9. The molecule has 0 bridgehead atoms. The predicted molar refractivity (Wildman–Crippen MR) is 105 cm³/mol. The molecule has 0 N–H and O–H groups in total. The summed E-state index contributed by atoms with van der Waals surface area (Å²) in [4.78, 5) is 0. The van der Waals surface area contributed by atoms with Gasteiger partial charge < -0.3 is 12.4 Å². The summed E-state index contributed by atoms with van der Waals surface area (Å²) in [5.41, 5.74) is 3.02. The first kappa shape index (κ1) is 22.9. The molecule has 0 saturated heterocycles. The molecule has 0 nitrogen and oxygen atoms in total. The Labute approximate surface area is 154 Å². The molecule has 0 amide bonds. The molecule has 1 rings (SSSR count). The highest BCUT2D eigenvalue weighted by atomic mass is 35.5. The zero-order valence-corrected chi connectivity index (χ0v) is 17.2. The maximum absolute atomic E-state index is 2.34. The van der Waals surface area contributed by atoms with E-state index < -0.39 is 0 Å². The monoisotopic (exact) mass is 356 g/mol. The Bertz CT molecular complexity index is 359. The molecule has 1 aromatic carbocycles. The van der Waals surface area contributed by atoms with Crippen molar-refractivity contribution in [3.63, 3.8) is 0 Å². The summed E-state index contributed by atoms with van der Waals surface area (Å²) >= 11 is 0. The van der Waals surface area contributed by atoms with Gasteiger partial charge in [0.1, 0.15) is 5.75 Å². The minimum Gasteiger partial charge on any atom is -1.00 e. The van der Waals surface area contributed by atoms with E-state index >= 15 is 0 Å². The number of hydrogen-bond donors (Lipinski definition) is 0. The third-order valence-corrected chi connectivity index (χ3v) is 5.21. The van der Waals surface area contributed by atoms with Gasteiger partial charge >= 0.3 is 0 Å². The maximum atomic E-state index is 2.34. The minimum absolute atomic E-state index is 0. The molecular formula is C21H37ClS. The topological polar surface area (TPSA) is 0 Å². The maximum Gasteiger partial charge on any atom is 0.132 e. The molecule has 0 radical (unpaired) electrons. The molecule has 23 heavy (non-hydrogen) atoms. The summed E-state index contributed by atoms with van der Waals surface area (Å²) in [5.74, 6) is 1.23. The number of rotatable bonds is 13. The molecule has 0 aliphatic heterocycles. The summed E-state index contributed by atoms with van der Waals surface area (Å²) in [6.45, 7) is 2.29. The summed E-state index contributed by atoms with van der Waals surface area (Å²) in [7, 11) is 0.514. The molecule has 0 spiro atoms. The summed E-state index contributed by atoms with van der Waals surface area (Å²) in [5, 5.41) is 0. The Morgan fingerprint density at radius 3 is 1.57 bits per heavy atom. The van der Waals surface area contributed by atoms with Crippen molar-refractivity contribution in [2.75, 3.05) is 12.5 Å². The van der Waals surface area contributed by atoms with Gasteiger partial charge in [0.2, 0.25) is 0 Å². The lowest BCUT2D eigenvalue weighted by molar-refractivity contribution is -0.00000493. The van der Waals surface area contributed by atoms with E-state index in [2.05, 4.69) is 43.7 Å². The van der Waals surface area contributed by atoms with E-state index in [9.17, 15) is 0 Å². The van der Waals surface area contributed by atoms with E-state index in [4.69, 9.17) is 0 Å². The fraction of sp³-hybridized carbons (Fsp3) is 0.714. The number of unbranched alkanes of at least 4 members (excludes halogenated alkanes) is 9. The molecule has 0 aliphatic rings. The van der Waals surface area contributed by atoms with Gasteiger partial charge in [-0.1, -0.05) is 89.0 Å². The van der Waals surface area contributed by atoms with Gasteiger partial charge in [-0.3, -0.25) is 0 Å². The van der Waals surface area contributed by atoms with Gasteiger partial charge in [0, 0.05) is 5.56 Å². The zero-order valence-electron chi connectivity index (χ0n) is 15.6. The van der Waals surface area contributed by atoms with E-state index in [-0.39, 0.29) is 12.4 Å². The number of hydrogen-bond acceptors (Lipinski definition) is 0. The van der Waals surface area contributed by atoms with Gasteiger partial charge in [-0.15, -0.1) is 0 Å². The molecule has 0 unspecified atom stereocenters. The number of halogens is 1. The molecule has 0 heterocycles. The predicted octanol–water partition coefficient (Wildman–Crippen LogP) is 3.53. The highest BCUT2D eigenvalue weighted by Crippen LogP contribution is 2.13. The summed E-state index contributed by atoms with van der Waals surface area (Å²) in [6, 6.07) is 9.35. The van der Waals surface area contributed by atoms with Gasteiger partial charge in [-0.2, -0.15) is 0 Å². The first-order valence-electron chi connectivity index (χ1n) is 9.34. The average Bonchev–Trinajstić information content (AvgIpc) is 2.50. The van der Waals surface area contributed by atoms with E-state index in [1.807, 2.05) is 0 Å². The lowest BCUT2D eigenvalue weighted by Gasteiger charge is -2.04. The fourth-order valence-corrected chi connectivity index (χ4v) is 3.81. The Kier molecular flexibility index (Phi) is 15.3. The van der Waals surface area contributed by atoms with Crippen molar-refractivity contribution in [2.45, 2.75) is 83.3 Å². The second kappa shape index (κ2) is 15.4. The van der Waals surface area contributed by atoms with Crippen LogP contribution >= 0.6 is 0 Å². The first-order valence-corrected chi connectivity index (χ1v) is 11.6. The smallest absolute Gasteiger partial charge is 0.132 e. The Balaban J connectivity index is 0.00000484. The van der Waals surface area contributed by atoms with Crippen LogP contribution in [0.1, 0.15) is 82.3 Å². The molecule has 0 aromatic heterocycles. The second-order valence-corrected chi connectivity index (χ2v) is 9.14. The average molecular weight is 357 g/mol. The molecular weight excluding hydrogens is 320 g/mol. The fourth-order valence-electron chi connectivity index (χ4n) is 2.95. The lowest BCUT2D eigenvalue weighted by Crippen LogP contribution is -3.00. The Morgan fingerprint density at radius 2 is 1.09 bits per heavy atom. The quantitative estimate of drug-likeness (QED) is 0.374. The normalized spacial score (nSPS) is 10.8. The third-order valence-electron chi connectivity index (χ3n) is 4.30. The molecule has 0 aliphatic carbocycles. The van der Waals surface area contributed by atoms with Crippen LogP contribution in [0.25, 0.3) is 0 Å². The summed E-state index contributed by atoms with van der Waals surface area (Å²) < 4.78 is 0. The van der Waals surface area contributed by atoms with Crippen LogP contribution in [0.5, 0.6) is 0 Å². The number of aryl methyl sites for hydroxylation is 1. The first-order chi connectivity index (χ1) is 10.7. The van der Waals surface area contributed by atoms with E-state index in [0.717, 1.165) is 0 Å². The highest BCUT2D eigenvalue weighted by molar-refractivity contribution is 7.94. The van der Waals surface area contributed by atoms with Crippen molar-refractivity contribution in [3.8, 4) is 0 Å². The Morgan fingerprint density at radius 1 is 0.652 bits per heavy atom. The minimum atomic E-state index is 0. The lowest BCUT2D eigenvalue weighted by atomic mass is 10.0. The van der Waals surface area contributed by atoms with Crippen LogP contribution in [-0.2, 0) is 23.1 Å². The highest BCUT2D eigenvalue weighted by Gasteiger charge is 2.04. The molecule has 0 saturated carbocycles. The van der Waals surface area contributed by atoms with E-state index in [1.54, 1.807) is 0 Å². The molecule has 2 heteroatoms. The van der Waals surface area contributed by atoms with Crippen LogP contribution in [0.3, 0.4) is 0 Å². The number of benzene rings is 1. The standard InChI is InChI=1S/C21H37S.ClH/c1-4-5-6-7-8-9-10-11-12-13-14-20-15-17-21(18-16-20)19-22(2)3;/h15-18H,4-14,19H2,1-3H3;1H/q+1;/p-1. The molecule has 0 atom stereocenters. The van der Waals surface area contributed by atoms with Crippen molar-refractivity contribution in [1.82, 2.24) is 0 Å². The van der Waals surface area contributed by atoms with Gasteiger partial charge in [-0.05, 0) is 29.3 Å². The van der Waals surface area contributed by atoms with Crippen molar-refractivity contribution in [1.29, 1.82) is 0 Å². The van der Waals surface area contributed by atoms with Crippen LogP contribution in [0.2, 0.25) is 0 Å². The Hall–Kier alpha value is -0.140. The molecule has 1 aromatic rings. The van der Waals surface area contributed by atoms with Crippen LogP contribution in [-0.4, -0.2) is 12.5 Å². The van der Waals surface area contributed by atoms with Crippen LogP contribution in [0, 0.1) is 0 Å². The van der Waals surface area contributed by atoms with Gasteiger partial charge in [-0.25, -0.2) is 0 Å². The second-order valence-electron chi connectivity index (χ2n) is 6.88. The van der Waals surface area contributed by atoms with Crippen LogP contribution in [0.15, 0.2) is 24.3 Å². The van der Waals surface area contributed by atoms with Crippen LogP contribution < -0.4 is 12.4 Å².